The quantitative estimate of drug-likeness (QED) is 0.846. The molecule has 0 aliphatic heterocycles. The molecule has 1 N–H and O–H groups in total. The minimum atomic E-state index is 0.591. The Morgan fingerprint density at radius 1 is 1.22 bits per heavy atom. The number of ether oxygens (including phenoxy) is 1. The summed E-state index contributed by atoms with van der Waals surface area (Å²) in [6.07, 6.45) is 0. The van der Waals surface area contributed by atoms with Gasteiger partial charge in [0.15, 0.2) is 5.82 Å². The third-order valence-electron chi connectivity index (χ3n) is 2.42. The summed E-state index contributed by atoms with van der Waals surface area (Å²) >= 11 is 0. The van der Waals surface area contributed by atoms with E-state index in [1.807, 2.05) is 31.2 Å². The zero-order valence-corrected chi connectivity index (χ0v) is 10.6. The van der Waals surface area contributed by atoms with Gasteiger partial charge in [0.05, 0.1) is 13.2 Å². The Balaban J connectivity index is 1.79. The summed E-state index contributed by atoms with van der Waals surface area (Å²) in [5.41, 5.74) is 1.19. The van der Waals surface area contributed by atoms with Crippen LogP contribution in [0.15, 0.2) is 28.8 Å². The lowest BCUT2D eigenvalue weighted by molar-refractivity contribution is 0.340. The van der Waals surface area contributed by atoms with Crippen LogP contribution < -0.4 is 10.1 Å². The fraction of sp³-hybridized carbons (Fsp3) is 0.385. The van der Waals surface area contributed by atoms with Gasteiger partial charge in [-0.1, -0.05) is 17.3 Å². The first-order valence-corrected chi connectivity index (χ1v) is 5.99. The second-order valence-corrected chi connectivity index (χ2v) is 3.91. The predicted octanol–water partition coefficient (Wildman–Crippen LogP) is 2.07. The topological polar surface area (TPSA) is 60.2 Å². The van der Waals surface area contributed by atoms with Gasteiger partial charge in [0, 0.05) is 13.5 Å². The highest BCUT2D eigenvalue weighted by Gasteiger charge is 2.01. The number of aryl methyl sites for hydroxylation is 1. The molecule has 0 fully saturated rings. The van der Waals surface area contributed by atoms with Crippen molar-refractivity contribution in [3.63, 3.8) is 0 Å². The fourth-order valence-corrected chi connectivity index (χ4v) is 1.60. The Hall–Kier alpha value is -1.88. The molecular weight excluding hydrogens is 230 g/mol. The van der Waals surface area contributed by atoms with E-state index in [9.17, 15) is 0 Å². The first-order valence-electron chi connectivity index (χ1n) is 5.99. The van der Waals surface area contributed by atoms with E-state index in [1.165, 1.54) is 5.56 Å². The van der Waals surface area contributed by atoms with Crippen molar-refractivity contribution < 1.29 is 9.26 Å². The number of nitrogens with one attached hydrogen (secondary N) is 1. The second-order valence-electron chi connectivity index (χ2n) is 3.91. The largest absolute Gasteiger partial charge is 0.494 e. The normalized spacial score (nSPS) is 10.6. The van der Waals surface area contributed by atoms with Gasteiger partial charge in [-0.15, -0.1) is 0 Å². The molecule has 1 aromatic carbocycles. The van der Waals surface area contributed by atoms with Crippen molar-refractivity contribution in [2.75, 3.05) is 6.61 Å². The fourth-order valence-electron chi connectivity index (χ4n) is 1.60. The minimum absolute atomic E-state index is 0.591. The van der Waals surface area contributed by atoms with E-state index in [0.29, 0.717) is 24.9 Å². The Kier molecular flexibility index (Phi) is 4.30. The lowest BCUT2D eigenvalue weighted by atomic mass is 10.2. The highest BCUT2D eigenvalue weighted by atomic mass is 16.5. The van der Waals surface area contributed by atoms with Gasteiger partial charge in [-0.25, -0.2) is 0 Å². The summed E-state index contributed by atoms with van der Waals surface area (Å²) in [5, 5.41) is 7.07. The maximum absolute atomic E-state index is 5.38. The molecule has 1 heterocycles. The van der Waals surface area contributed by atoms with Crippen molar-refractivity contribution in [1.82, 2.24) is 15.5 Å². The van der Waals surface area contributed by atoms with Crippen molar-refractivity contribution in [2.24, 2.45) is 0 Å². The van der Waals surface area contributed by atoms with Crippen molar-refractivity contribution in [3.8, 4) is 5.75 Å². The van der Waals surface area contributed by atoms with Gasteiger partial charge >= 0.3 is 0 Å². The Morgan fingerprint density at radius 3 is 2.61 bits per heavy atom. The average Bonchev–Trinajstić information content (AvgIpc) is 2.78. The van der Waals surface area contributed by atoms with E-state index in [1.54, 1.807) is 6.92 Å². The monoisotopic (exact) mass is 247 g/mol. The molecule has 0 radical (unpaired) electrons. The summed E-state index contributed by atoms with van der Waals surface area (Å²) in [5.74, 6) is 2.17. The maximum atomic E-state index is 5.38. The Bertz CT molecular complexity index is 479. The summed E-state index contributed by atoms with van der Waals surface area (Å²) in [6, 6.07) is 8.02. The molecule has 0 saturated carbocycles. The molecular formula is C13H17N3O2. The molecule has 5 heteroatoms. The number of hydrogen-bond acceptors (Lipinski definition) is 5. The van der Waals surface area contributed by atoms with E-state index in [2.05, 4.69) is 15.5 Å². The van der Waals surface area contributed by atoms with Gasteiger partial charge in [-0.3, -0.25) is 0 Å². The SMILES string of the molecule is CCOc1ccc(CNCc2noc(C)n2)cc1. The molecule has 0 atom stereocenters. The van der Waals surface area contributed by atoms with Crippen molar-refractivity contribution >= 4 is 0 Å². The van der Waals surface area contributed by atoms with Crippen LogP contribution in [0.2, 0.25) is 0 Å². The zero-order chi connectivity index (χ0) is 12.8. The highest BCUT2D eigenvalue weighted by molar-refractivity contribution is 5.27. The van der Waals surface area contributed by atoms with E-state index in [-0.39, 0.29) is 0 Å². The lowest BCUT2D eigenvalue weighted by Gasteiger charge is -2.05. The summed E-state index contributed by atoms with van der Waals surface area (Å²) in [7, 11) is 0. The van der Waals surface area contributed by atoms with Gasteiger partial charge in [-0.2, -0.15) is 4.98 Å². The summed E-state index contributed by atoms with van der Waals surface area (Å²) in [6.45, 7) is 5.81. The number of nitrogens with zero attached hydrogens (tertiary/aromatic N) is 2. The van der Waals surface area contributed by atoms with Gasteiger partial charge in [0.25, 0.3) is 0 Å². The molecule has 0 saturated heterocycles. The Morgan fingerprint density at radius 2 is 2.00 bits per heavy atom. The molecule has 5 nitrogen and oxygen atoms in total. The van der Waals surface area contributed by atoms with Crippen LogP contribution >= 0.6 is 0 Å². The smallest absolute Gasteiger partial charge is 0.223 e. The summed E-state index contributed by atoms with van der Waals surface area (Å²) < 4.78 is 10.3. The van der Waals surface area contributed by atoms with Crippen LogP contribution in [0.4, 0.5) is 0 Å². The summed E-state index contributed by atoms with van der Waals surface area (Å²) in [4.78, 5) is 4.12. The minimum Gasteiger partial charge on any atom is -0.494 e. The second kappa shape index (κ2) is 6.16. The molecule has 0 amide bonds. The van der Waals surface area contributed by atoms with Crippen molar-refractivity contribution in [3.05, 3.63) is 41.5 Å². The van der Waals surface area contributed by atoms with Gasteiger partial charge in [0.2, 0.25) is 5.89 Å². The van der Waals surface area contributed by atoms with Crippen LogP contribution in [-0.2, 0) is 13.1 Å². The van der Waals surface area contributed by atoms with Gasteiger partial charge in [-0.05, 0) is 24.6 Å². The predicted molar refractivity (Wildman–Crippen MR) is 67.2 cm³/mol. The average molecular weight is 247 g/mol. The molecule has 0 spiro atoms. The third-order valence-corrected chi connectivity index (χ3v) is 2.42. The standard InChI is InChI=1S/C13H17N3O2/c1-3-17-12-6-4-11(5-7-12)8-14-9-13-15-10(2)18-16-13/h4-7,14H,3,8-9H2,1-2H3. The first-order chi connectivity index (χ1) is 8.78. The first kappa shape index (κ1) is 12.6. The number of benzene rings is 1. The van der Waals surface area contributed by atoms with Crippen LogP contribution in [0, 0.1) is 6.92 Å². The molecule has 2 rings (SSSR count). The number of rotatable bonds is 6. The number of hydrogen-bond donors (Lipinski definition) is 1. The van der Waals surface area contributed by atoms with Crippen LogP contribution in [0.25, 0.3) is 0 Å². The molecule has 2 aromatic rings. The van der Waals surface area contributed by atoms with Crippen LogP contribution in [0.5, 0.6) is 5.75 Å². The molecule has 0 aliphatic rings. The maximum Gasteiger partial charge on any atom is 0.223 e. The molecule has 96 valence electrons. The molecule has 0 unspecified atom stereocenters. The molecule has 0 bridgehead atoms. The van der Waals surface area contributed by atoms with Crippen LogP contribution in [0.1, 0.15) is 24.2 Å². The number of aromatic nitrogens is 2. The van der Waals surface area contributed by atoms with Crippen LogP contribution in [-0.4, -0.2) is 16.7 Å². The lowest BCUT2D eigenvalue weighted by Crippen LogP contribution is -2.13. The highest BCUT2D eigenvalue weighted by Crippen LogP contribution is 2.11. The van der Waals surface area contributed by atoms with Crippen LogP contribution in [0.3, 0.4) is 0 Å². The molecule has 18 heavy (non-hydrogen) atoms. The van der Waals surface area contributed by atoms with E-state index in [0.717, 1.165) is 12.3 Å². The zero-order valence-electron chi connectivity index (χ0n) is 10.6. The van der Waals surface area contributed by atoms with Crippen molar-refractivity contribution in [1.29, 1.82) is 0 Å². The molecule has 1 aromatic heterocycles. The Labute approximate surface area is 106 Å². The van der Waals surface area contributed by atoms with E-state index in [4.69, 9.17) is 9.26 Å². The van der Waals surface area contributed by atoms with Gasteiger partial charge < -0.3 is 14.6 Å². The molecule has 0 aliphatic carbocycles. The van der Waals surface area contributed by atoms with E-state index >= 15 is 0 Å². The van der Waals surface area contributed by atoms with Gasteiger partial charge in [0.1, 0.15) is 5.75 Å². The van der Waals surface area contributed by atoms with Crippen molar-refractivity contribution in [2.45, 2.75) is 26.9 Å². The third kappa shape index (κ3) is 3.56. The van der Waals surface area contributed by atoms with E-state index < -0.39 is 0 Å².